The van der Waals surface area contributed by atoms with Crippen molar-refractivity contribution in [2.45, 2.75) is 18.9 Å². The predicted molar refractivity (Wildman–Crippen MR) is 126 cm³/mol. The normalized spacial score (nSPS) is 19.2. The van der Waals surface area contributed by atoms with E-state index in [2.05, 4.69) is 29.2 Å². The summed E-state index contributed by atoms with van der Waals surface area (Å²) in [6, 6.07) is 28.0. The standard InChI is InChI=1S/C27H24N2O4/c30-26-25(33-27(31)28(26)19-24-12-7-17-32-24)18-20-13-15-23(16-14-20)29(21-8-3-1-4-9-21)22-10-5-2-6-11-22/h1-6,8-11,13-16,18,24H,7,12,17,19H2/b25-18+. The van der Waals surface area contributed by atoms with E-state index in [4.69, 9.17) is 9.47 Å². The summed E-state index contributed by atoms with van der Waals surface area (Å²) in [7, 11) is 0. The fourth-order valence-corrected chi connectivity index (χ4v) is 4.12. The molecule has 6 nitrogen and oxygen atoms in total. The maximum atomic E-state index is 12.7. The molecule has 6 heteroatoms. The van der Waals surface area contributed by atoms with Crippen molar-refractivity contribution in [3.63, 3.8) is 0 Å². The van der Waals surface area contributed by atoms with Crippen molar-refractivity contribution in [2.24, 2.45) is 0 Å². The number of carbonyl (C=O) groups excluding carboxylic acids is 2. The molecule has 2 aliphatic rings. The second kappa shape index (κ2) is 9.30. The van der Waals surface area contributed by atoms with Crippen LogP contribution < -0.4 is 4.90 Å². The Morgan fingerprint density at radius 2 is 1.45 bits per heavy atom. The smallest absolute Gasteiger partial charge is 0.404 e. The molecule has 166 valence electrons. The number of ether oxygens (including phenoxy) is 2. The van der Waals surface area contributed by atoms with E-state index in [1.165, 1.54) is 0 Å². The van der Waals surface area contributed by atoms with Crippen LogP contribution in [0.15, 0.2) is 90.7 Å². The minimum atomic E-state index is -0.641. The molecular weight excluding hydrogens is 416 g/mol. The second-order valence-corrected chi connectivity index (χ2v) is 8.03. The second-order valence-electron chi connectivity index (χ2n) is 8.03. The quantitative estimate of drug-likeness (QED) is 0.463. The lowest BCUT2D eigenvalue weighted by Gasteiger charge is -2.25. The predicted octanol–water partition coefficient (Wildman–Crippen LogP) is 5.66. The fourth-order valence-electron chi connectivity index (χ4n) is 4.12. The first kappa shape index (κ1) is 21.0. The number of hydrogen-bond donors (Lipinski definition) is 0. The van der Waals surface area contributed by atoms with Gasteiger partial charge in [-0.05, 0) is 60.9 Å². The summed E-state index contributed by atoms with van der Waals surface area (Å²) in [5, 5.41) is 0. The molecule has 0 aliphatic carbocycles. The van der Waals surface area contributed by atoms with E-state index in [0.717, 1.165) is 40.4 Å². The molecule has 1 unspecified atom stereocenters. The molecular formula is C27H24N2O4. The molecule has 5 rings (SSSR count). The first-order chi connectivity index (χ1) is 16.2. The van der Waals surface area contributed by atoms with Gasteiger partial charge in [0.2, 0.25) is 0 Å². The highest BCUT2D eigenvalue weighted by molar-refractivity contribution is 6.10. The van der Waals surface area contributed by atoms with Gasteiger partial charge in [-0.25, -0.2) is 9.69 Å². The molecule has 0 N–H and O–H groups in total. The lowest BCUT2D eigenvalue weighted by molar-refractivity contribution is -0.124. The van der Waals surface area contributed by atoms with E-state index >= 15 is 0 Å². The van der Waals surface area contributed by atoms with Crippen LogP contribution in [0.1, 0.15) is 18.4 Å². The lowest BCUT2D eigenvalue weighted by atomic mass is 10.1. The average Bonchev–Trinajstić information content (AvgIpc) is 3.46. The molecule has 0 bridgehead atoms. The zero-order chi connectivity index (χ0) is 22.6. The third-order valence-corrected chi connectivity index (χ3v) is 5.76. The number of rotatable bonds is 6. The van der Waals surface area contributed by atoms with Gasteiger partial charge in [-0.3, -0.25) is 4.79 Å². The summed E-state index contributed by atoms with van der Waals surface area (Å²) in [4.78, 5) is 28.2. The largest absolute Gasteiger partial charge is 0.422 e. The van der Waals surface area contributed by atoms with Crippen molar-refractivity contribution in [3.05, 3.63) is 96.3 Å². The first-order valence-corrected chi connectivity index (χ1v) is 11.1. The van der Waals surface area contributed by atoms with E-state index in [-0.39, 0.29) is 18.4 Å². The molecule has 2 saturated heterocycles. The molecule has 1 atom stereocenters. The van der Waals surface area contributed by atoms with Gasteiger partial charge in [0.25, 0.3) is 5.91 Å². The molecule has 3 aromatic carbocycles. The van der Waals surface area contributed by atoms with Crippen LogP contribution in [0, 0.1) is 0 Å². The monoisotopic (exact) mass is 440 g/mol. The third-order valence-electron chi connectivity index (χ3n) is 5.76. The summed E-state index contributed by atoms with van der Waals surface area (Å²) in [5.41, 5.74) is 3.83. The highest BCUT2D eigenvalue weighted by atomic mass is 16.6. The number of carbonyl (C=O) groups is 2. The third kappa shape index (κ3) is 4.52. The Balaban J connectivity index is 1.38. The Kier molecular flexibility index (Phi) is 5.91. The van der Waals surface area contributed by atoms with Crippen LogP contribution in [0.5, 0.6) is 0 Å². The Labute approximate surface area is 192 Å². The molecule has 0 saturated carbocycles. The average molecular weight is 440 g/mol. The summed E-state index contributed by atoms with van der Waals surface area (Å²) in [6.45, 7) is 0.900. The van der Waals surface area contributed by atoms with Crippen LogP contribution in [0.4, 0.5) is 21.9 Å². The highest BCUT2D eigenvalue weighted by Gasteiger charge is 2.38. The van der Waals surface area contributed by atoms with Crippen LogP contribution in [-0.4, -0.2) is 36.2 Å². The van der Waals surface area contributed by atoms with Crippen LogP contribution in [0.2, 0.25) is 0 Å². The maximum absolute atomic E-state index is 12.7. The number of cyclic esters (lactones) is 1. The molecule has 3 aromatic rings. The van der Waals surface area contributed by atoms with Gasteiger partial charge in [-0.2, -0.15) is 0 Å². The zero-order valence-corrected chi connectivity index (χ0v) is 18.1. The maximum Gasteiger partial charge on any atom is 0.422 e. The van der Waals surface area contributed by atoms with Crippen molar-refractivity contribution in [1.29, 1.82) is 0 Å². The number of imide groups is 1. The van der Waals surface area contributed by atoms with Gasteiger partial charge in [-0.1, -0.05) is 48.5 Å². The molecule has 33 heavy (non-hydrogen) atoms. The SMILES string of the molecule is O=C1O/C(=C/c2ccc(N(c3ccccc3)c3ccccc3)cc2)C(=O)N1CC1CCCO1. The van der Waals surface area contributed by atoms with Crippen LogP contribution >= 0.6 is 0 Å². The van der Waals surface area contributed by atoms with Gasteiger partial charge in [0, 0.05) is 23.7 Å². The minimum absolute atomic E-state index is 0.0359. The van der Waals surface area contributed by atoms with Gasteiger partial charge in [0.15, 0.2) is 5.76 Å². The van der Waals surface area contributed by atoms with E-state index in [9.17, 15) is 9.59 Å². The summed E-state index contributed by atoms with van der Waals surface area (Å²) in [6.07, 6.45) is 2.64. The van der Waals surface area contributed by atoms with E-state index in [1.54, 1.807) is 6.08 Å². The van der Waals surface area contributed by atoms with Crippen LogP contribution in [0.3, 0.4) is 0 Å². The Hall–Kier alpha value is -3.90. The van der Waals surface area contributed by atoms with Crippen molar-refractivity contribution in [1.82, 2.24) is 4.90 Å². The zero-order valence-electron chi connectivity index (χ0n) is 18.1. The fraction of sp³-hybridized carbons (Fsp3) is 0.185. The summed E-state index contributed by atoms with van der Waals surface area (Å²) in [5.74, 6) is -0.386. The van der Waals surface area contributed by atoms with Gasteiger partial charge in [0.1, 0.15) is 0 Å². The van der Waals surface area contributed by atoms with Gasteiger partial charge >= 0.3 is 6.09 Å². The van der Waals surface area contributed by atoms with Gasteiger partial charge < -0.3 is 14.4 Å². The topological polar surface area (TPSA) is 59.1 Å². The number of benzene rings is 3. The van der Waals surface area contributed by atoms with E-state index in [1.807, 2.05) is 60.7 Å². The first-order valence-electron chi connectivity index (χ1n) is 11.1. The molecule has 2 aliphatic heterocycles. The van der Waals surface area contributed by atoms with Gasteiger partial charge in [0.05, 0.1) is 12.6 Å². The van der Waals surface area contributed by atoms with Crippen LogP contribution in [-0.2, 0) is 14.3 Å². The van der Waals surface area contributed by atoms with E-state index in [0.29, 0.717) is 6.61 Å². The van der Waals surface area contributed by atoms with Crippen molar-refractivity contribution in [3.8, 4) is 0 Å². The Bertz CT molecular complexity index is 1110. The molecule has 0 radical (unpaired) electrons. The lowest BCUT2D eigenvalue weighted by Crippen LogP contribution is -2.35. The minimum Gasteiger partial charge on any atom is -0.404 e. The van der Waals surface area contributed by atoms with Crippen molar-refractivity contribution < 1.29 is 19.1 Å². The van der Waals surface area contributed by atoms with E-state index < -0.39 is 12.0 Å². The molecule has 2 heterocycles. The number of amides is 2. The molecule has 2 amide bonds. The number of anilines is 3. The Morgan fingerprint density at radius 1 is 0.848 bits per heavy atom. The number of para-hydroxylation sites is 2. The summed E-state index contributed by atoms with van der Waals surface area (Å²) < 4.78 is 10.8. The van der Waals surface area contributed by atoms with Gasteiger partial charge in [-0.15, -0.1) is 0 Å². The summed E-state index contributed by atoms with van der Waals surface area (Å²) >= 11 is 0. The highest BCUT2D eigenvalue weighted by Crippen LogP contribution is 2.34. The molecule has 0 aromatic heterocycles. The van der Waals surface area contributed by atoms with Crippen molar-refractivity contribution in [2.75, 3.05) is 18.1 Å². The Morgan fingerprint density at radius 3 is 2.03 bits per heavy atom. The number of hydrogen-bond acceptors (Lipinski definition) is 5. The molecule has 0 spiro atoms. The van der Waals surface area contributed by atoms with Crippen molar-refractivity contribution >= 4 is 35.1 Å². The molecule has 2 fully saturated rings. The van der Waals surface area contributed by atoms with Crippen LogP contribution in [0.25, 0.3) is 6.08 Å². The number of nitrogens with zero attached hydrogens (tertiary/aromatic N) is 2.